The van der Waals surface area contributed by atoms with Crippen molar-refractivity contribution in [3.05, 3.63) is 29.8 Å². The molecule has 0 saturated heterocycles. The second-order valence-electron chi connectivity index (χ2n) is 6.70. The normalized spacial score (nSPS) is 16.8. The minimum absolute atomic E-state index is 0.0586. The molecular formula is C17H27N3O. The summed E-state index contributed by atoms with van der Waals surface area (Å²) in [4.78, 5) is 14.9. The lowest BCUT2D eigenvalue weighted by Gasteiger charge is -2.28. The lowest BCUT2D eigenvalue weighted by atomic mass is 9.83. The molecule has 1 fully saturated rings. The van der Waals surface area contributed by atoms with Crippen molar-refractivity contribution in [3.8, 4) is 0 Å². The third-order valence-corrected chi connectivity index (χ3v) is 4.58. The van der Waals surface area contributed by atoms with Crippen LogP contribution in [0.1, 0.15) is 39.2 Å². The number of amides is 1. The third-order valence-electron chi connectivity index (χ3n) is 4.58. The largest absolute Gasteiger partial charge is 0.399 e. The summed E-state index contributed by atoms with van der Waals surface area (Å²) in [5.41, 5.74) is 6.86. The van der Waals surface area contributed by atoms with Crippen molar-refractivity contribution < 1.29 is 4.79 Å². The van der Waals surface area contributed by atoms with E-state index in [1.54, 1.807) is 0 Å². The van der Waals surface area contributed by atoms with E-state index in [-0.39, 0.29) is 5.91 Å². The van der Waals surface area contributed by atoms with Crippen LogP contribution in [0.15, 0.2) is 24.3 Å². The number of nitrogens with one attached hydrogen (secondary N) is 1. The van der Waals surface area contributed by atoms with Gasteiger partial charge in [-0.15, -0.1) is 0 Å². The molecule has 2 rings (SSSR count). The van der Waals surface area contributed by atoms with Crippen LogP contribution in [0.4, 0.5) is 5.69 Å². The van der Waals surface area contributed by atoms with E-state index in [0.717, 1.165) is 11.3 Å². The molecule has 3 N–H and O–H groups in total. The van der Waals surface area contributed by atoms with Crippen LogP contribution >= 0.6 is 0 Å². The zero-order valence-electron chi connectivity index (χ0n) is 13.5. The van der Waals surface area contributed by atoms with Gasteiger partial charge in [-0.1, -0.05) is 12.1 Å². The first-order chi connectivity index (χ1) is 9.82. The van der Waals surface area contributed by atoms with Crippen molar-refractivity contribution >= 4 is 11.6 Å². The number of carbonyl (C=O) groups excluding carboxylic acids is 1. The molecule has 1 aromatic carbocycles. The van der Waals surface area contributed by atoms with E-state index >= 15 is 0 Å². The first-order valence-corrected chi connectivity index (χ1v) is 7.68. The monoisotopic (exact) mass is 289 g/mol. The van der Waals surface area contributed by atoms with Gasteiger partial charge >= 0.3 is 0 Å². The molecule has 4 heteroatoms. The van der Waals surface area contributed by atoms with Gasteiger partial charge in [-0.2, -0.15) is 0 Å². The van der Waals surface area contributed by atoms with Crippen LogP contribution in [0, 0.1) is 0 Å². The number of nitrogens with zero attached hydrogens (tertiary/aromatic N) is 1. The predicted octanol–water partition coefficient (Wildman–Crippen LogP) is 2.15. The molecule has 0 spiro atoms. The first kappa shape index (κ1) is 15.8. The van der Waals surface area contributed by atoms with Crippen LogP contribution in [0.3, 0.4) is 0 Å². The standard InChI is InChI=1S/C17H27N3O/c1-12(20(4)15-9-10-15)11-19-16(21)17(2,3)13-5-7-14(18)8-6-13/h5-8,12,15H,9-11,18H2,1-4H3,(H,19,21). The molecule has 1 saturated carbocycles. The minimum Gasteiger partial charge on any atom is -0.399 e. The Morgan fingerprint density at radius 1 is 1.38 bits per heavy atom. The summed E-state index contributed by atoms with van der Waals surface area (Å²) in [6.45, 7) is 6.74. The van der Waals surface area contributed by atoms with Crippen LogP contribution < -0.4 is 11.1 Å². The molecule has 4 nitrogen and oxygen atoms in total. The Morgan fingerprint density at radius 2 is 1.95 bits per heavy atom. The fourth-order valence-corrected chi connectivity index (χ4v) is 2.48. The number of likely N-dealkylation sites (N-methyl/N-ethyl adjacent to an activating group) is 1. The summed E-state index contributed by atoms with van der Waals surface area (Å²) in [6, 6.07) is 8.61. The summed E-state index contributed by atoms with van der Waals surface area (Å²) in [7, 11) is 2.14. The topological polar surface area (TPSA) is 58.4 Å². The van der Waals surface area contributed by atoms with Gasteiger partial charge in [-0.3, -0.25) is 9.69 Å². The zero-order chi connectivity index (χ0) is 15.6. The highest BCUT2D eigenvalue weighted by atomic mass is 16.2. The fraction of sp³-hybridized carbons (Fsp3) is 0.588. The lowest BCUT2D eigenvalue weighted by molar-refractivity contribution is -0.125. The van der Waals surface area contributed by atoms with E-state index in [2.05, 4.69) is 24.2 Å². The number of benzene rings is 1. The SMILES string of the molecule is CC(CNC(=O)C(C)(C)c1ccc(N)cc1)N(C)C1CC1. The maximum atomic E-state index is 12.5. The van der Waals surface area contributed by atoms with E-state index in [9.17, 15) is 4.79 Å². The Hall–Kier alpha value is -1.55. The maximum Gasteiger partial charge on any atom is 0.230 e. The van der Waals surface area contributed by atoms with Gasteiger partial charge in [0.15, 0.2) is 0 Å². The molecule has 1 aliphatic rings. The molecular weight excluding hydrogens is 262 g/mol. The van der Waals surface area contributed by atoms with Gasteiger partial charge in [0.1, 0.15) is 0 Å². The number of rotatable bonds is 6. The number of carbonyl (C=O) groups is 1. The van der Waals surface area contributed by atoms with E-state index < -0.39 is 5.41 Å². The Morgan fingerprint density at radius 3 is 2.48 bits per heavy atom. The quantitative estimate of drug-likeness (QED) is 0.789. The van der Waals surface area contributed by atoms with Gasteiger partial charge in [-0.05, 0) is 58.4 Å². The van der Waals surface area contributed by atoms with Crippen molar-refractivity contribution in [2.75, 3.05) is 19.3 Å². The highest BCUT2D eigenvalue weighted by Crippen LogP contribution is 2.27. The van der Waals surface area contributed by atoms with Crippen LogP contribution in [0.25, 0.3) is 0 Å². The van der Waals surface area contributed by atoms with E-state index in [1.165, 1.54) is 12.8 Å². The summed E-state index contributed by atoms with van der Waals surface area (Å²) >= 11 is 0. The van der Waals surface area contributed by atoms with Gasteiger partial charge in [-0.25, -0.2) is 0 Å². The van der Waals surface area contributed by atoms with Gasteiger partial charge in [0.25, 0.3) is 0 Å². The average Bonchev–Trinajstić information content (AvgIpc) is 3.28. The molecule has 1 unspecified atom stereocenters. The van der Waals surface area contributed by atoms with Crippen molar-refractivity contribution in [1.29, 1.82) is 0 Å². The zero-order valence-corrected chi connectivity index (χ0v) is 13.5. The number of hydrogen-bond acceptors (Lipinski definition) is 3. The average molecular weight is 289 g/mol. The second-order valence-corrected chi connectivity index (χ2v) is 6.70. The number of nitrogen functional groups attached to an aromatic ring is 1. The second kappa shape index (κ2) is 6.06. The molecule has 1 atom stereocenters. The summed E-state index contributed by atoms with van der Waals surface area (Å²) in [5, 5.41) is 3.09. The highest BCUT2D eigenvalue weighted by molar-refractivity contribution is 5.87. The Labute approximate surface area is 127 Å². The third kappa shape index (κ3) is 3.76. The molecule has 0 radical (unpaired) electrons. The summed E-state index contributed by atoms with van der Waals surface area (Å²) < 4.78 is 0. The smallest absolute Gasteiger partial charge is 0.230 e. The highest BCUT2D eigenvalue weighted by Gasteiger charge is 2.32. The van der Waals surface area contributed by atoms with Gasteiger partial charge < -0.3 is 11.1 Å². The molecule has 0 aromatic heterocycles. The van der Waals surface area contributed by atoms with Gasteiger partial charge in [0, 0.05) is 24.3 Å². The van der Waals surface area contributed by atoms with E-state index in [1.807, 2.05) is 38.1 Å². The lowest BCUT2D eigenvalue weighted by Crippen LogP contribution is -2.46. The molecule has 1 aromatic rings. The molecule has 1 amide bonds. The van der Waals surface area contributed by atoms with Crippen LogP contribution in [-0.2, 0) is 10.2 Å². The Balaban J connectivity index is 1.93. The van der Waals surface area contributed by atoms with Crippen LogP contribution in [0.2, 0.25) is 0 Å². The minimum atomic E-state index is -0.550. The number of hydrogen-bond donors (Lipinski definition) is 2. The van der Waals surface area contributed by atoms with Gasteiger partial charge in [0.2, 0.25) is 5.91 Å². The molecule has 21 heavy (non-hydrogen) atoms. The van der Waals surface area contributed by atoms with E-state index in [4.69, 9.17) is 5.73 Å². The summed E-state index contributed by atoms with van der Waals surface area (Å²) in [6.07, 6.45) is 2.57. The van der Waals surface area contributed by atoms with Crippen molar-refractivity contribution in [2.24, 2.45) is 0 Å². The molecule has 116 valence electrons. The fourth-order valence-electron chi connectivity index (χ4n) is 2.48. The predicted molar refractivity (Wildman–Crippen MR) is 87.1 cm³/mol. The molecule has 0 aliphatic heterocycles. The maximum absolute atomic E-state index is 12.5. The van der Waals surface area contributed by atoms with Crippen molar-refractivity contribution in [1.82, 2.24) is 10.2 Å². The number of anilines is 1. The van der Waals surface area contributed by atoms with Crippen molar-refractivity contribution in [3.63, 3.8) is 0 Å². The van der Waals surface area contributed by atoms with E-state index in [0.29, 0.717) is 18.6 Å². The molecule has 1 aliphatic carbocycles. The molecule has 0 heterocycles. The van der Waals surface area contributed by atoms with Crippen molar-refractivity contribution in [2.45, 2.75) is 51.1 Å². The summed E-state index contributed by atoms with van der Waals surface area (Å²) in [5.74, 6) is 0.0586. The Bertz CT molecular complexity index is 491. The number of nitrogens with two attached hydrogens (primary N) is 1. The van der Waals surface area contributed by atoms with Crippen LogP contribution in [0.5, 0.6) is 0 Å². The Kier molecular flexibility index (Phi) is 4.57. The van der Waals surface area contributed by atoms with Crippen LogP contribution in [-0.4, -0.2) is 36.5 Å². The van der Waals surface area contributed by atoms with Gasteiger partial charge in [0.05, 0.1) is 5.41 Å². The first-order valence-electron chi connectivity index (χ1n) is 7.68. The molecule has 0 bridgehead atoms.